The Balaban J connectivity index is 1.44. The average Bonchev–Trinajstić information content (AvgIpc) is 3.09. The summed E-state index contributed by atoms with van der Waals surface area (Å²) in [7, 11) is 0. The van der Waals surface area contributed by atoms with Crippen molar-refractivity contribution in [3.8, 4) is 0 Å². The van der Waals surface area contributed by atoms with E-state index in [0.29, 0.717) is 6.04 Å². The highest BCUT2D eigenvalue weighted by atomic mass is 15.0. The Bertz CT molecular complexity index is 1060. The van der Waals surface area contributed by atoms with Gasteiger partial charge in [0.25, 0.3) is 0 Å². The topological polar surface area (TPSA) is 17.0 Å². The number of benzene rings is 3. The first-order valence-corrected chi connectivity index (χ1v) is 10.6. The normalized spacial score (nSPS) is 12.3. The SMILES string of the molecule is Cc1cccc(Cn2cc(CN[C@H](C)CCc3ccccc3)c3ccccc32)c1. The Labute approximate surface area is 174 Å². The lowest BCUT2D eigenvalue weighted by atomic mass is 10.1. The van der Waals surface area contributed by atoms with Crippen LogP contribution in [-0.4, -0.2) is 10.6 Å². The Morgan fingerprint density at radius 2 is 1.62 bits per heavy atom. The van der Waals surface area contributed by atoms with Crippen molar-refractivity contribution in [3.05, 3.63) is 107 Å². The Morgan fingerprint density at radius 3 is 2.45 bits per heavy atom. The maximum absolute atomic E-state index is 3.73. The van der Waals surface area contributed by atoms with Gasteiger partial charge in [0.1, 0.15) is 0 Å². The second kappa shape index (κ2) is 9.11. The third kappa shape index (κ3) is 4.96. The van der Waals surface area contributed by atoms with E-state index < -0.39 is 0 Å². The van der Waals surface area contributed by atoms with Gasteiger partial charge in [-0.25, -0.2) is 0 Å². The number of rotatable bonds is 8. The van der Waals surface area contributed by atoms with Crippen LogP contribution in [0.15, 0.2) is 85.1 Å². The highest BCUT2D eigenvalue weighted by molar-refractivity contribution is 5.84. The van der Waals surface area contributed by atoms with Crippen LogP contribution in [0.3, 0.4) is 0 Å². The van der Waals surface area contributed by atoms with Crippen LogP contribution in [-0.2, 0) is 19.5 Å². The average molecular weight is 383 g/mol. The molecule has 0 spiro atoms. The van der Waals surface area contributed by atoms with Gasteiger partial charge in [-0.15, -0.1) is 0 Å². The van der Waals surface area contributed by atoms with Gasteiger partial charge in [0.2, 0.25) is 0 Å². The predicted molar refractivity (Wildman–Crippen MR) is 123 cm³/mol. The molecule has 0 fully saturated rings. The van der Waals surface area contributed by atoms with Crippen molar-refractivity contribution < 1.29 is 0 Å². The van der Waals surface area contributed by atoms with Gasteiger partial charge >= 0.3 is 0 Å². The van der Waals surface area contributed by atoms with Crippen LogP contribution in [0.5, 0.6) is 0 Å². The maximum atomic E-state index is 3.73. The number of nitrogens with one attached hydrogen (secondary N) is 1. The molecule has 1 atom stereocenters. The fourth-order valence-corrected chi connectivity index (χ4v) is 4.02. The van der Waals surface area contributed by atoms with Crippen LogP contribution in [0.2, 0.25) is 0 Å². The Hall–Kier alpha value is -2.84. The van der Waals surface area contributed by atoms with Crippen LogP contribution >= 0.6 is 0 Å². The molecule has 0 aliphatic carbocycles. The number of aromatic nitrogens is 1. The zero-order valence-corrected chi connectivity index (χ0v) is 17.4. The molecule has 1 N–H and O–H groups in total. The van der Waals surface area contributed by atoms with E-state index in [9.17, 15) is 0 Å². The summed E-state index contributed by atoms with van der Waals surface area (Å²) in [6.07, 6.45) is 4.58. The number of hydrogen-bond donors (Lipinski definition) is 1. The van der Waals surface area contributed by atoms with Gasteiger partial charge in [0.05, 0.1) is 0 Å². The monoisotopic (exact) mass is 382 g/mol. The van der Waals surface area contributed by atoms with Crippen LogP contribution in [0.1, 0.15) is 35.6 Å². The minimum atomic E-state index is 0.481. The molecule has 3 aromatic carbocycles. The van der Waals surface area contributed by atoms with Crippen molar-refractivity contribution >= 4 is 10.9 Å². The zero-order chi connectivity index (χ0) is 20.1. The third-order valence-electron chi connectivity index (χ3n) is 5.66. The van der Waals surface area contributed by atoms with Crippen molar-refractivity contribution in [2.45, 2.75) is 45.8 Å². The Kier molecular flexibility index (Phi) is 6.12. The molecule has 0 aliphatic heterocycles. The second-order valence-corrected chi connectivity index (χ2v) is 8.09. The van der Waals surface area contributed by atoms with Crippen molar-refractivity contribution in [3.63, 3.8) is 0 Å². The number of aryl methyl sites for hydroxylation is 2. The first-order chi connectivity index (χ1) is 14.2. The Morgan fingerprint density at radius 1 is 0.862 bits per heavy atom. The minimum absolute atomic E-state index is 0.481. The van der Waals surface area contributed by atoms with E-state index in [2.05, 4.69) is 109 Å². The van der Waals surface area contributed by atoms with E-state index in [-0.39, 0.29) is 0 Å². The molecule has 0 radical (unpaired) electrons. The van der Waals surface area contributed by atoms with E-state index in [1.165, 1.54) is 33.2 Å². The zero-order valence-electron chi connectivity index (χ0n) is 17.4. The summed E-state index contributed by atoms with van der Waals surface area (Å²) in [6, 6.07) is 28.8. The van der Waals surface area contributed by atoms with E-state index >= 15 is 0 Å². The van der Waals surface area contributed by atoms with Gasteiger partial charge in [0.15, 0.2) is 0 Å². The van der Waals surface area contributed by atoms with E-state index in [1.807, 2.05) is 0 Å². The number of fused-ring (bicyclic) bond motifs is 1. The summed E-state index contributed by atoms with van der Waals surface area (Å²) < 4.78 is 2.38. The molecule has 4 aromatic rings. The second-order valence-electron chi connectivity index (χ2n) is 8.09. The molecule has 0 saturated carbocycles. The molecule has 0 aliphatic rings. The molecule has 2 nitrogen and oxygen atoms in total. The molecule has 0 unspecified atom stereocenters. The fraction of sp³-hybridized carbons (Fsp3) is 0.259. The molecular weight excluding hydrogens is 352 g/mol. The first-order valence-electron chi connectivity index (χ1n) is 10.6. The van der Waals surface area contributed by atoms with E-state index in [1.54, 1.807) is 0 Å². The smallest absolute Gasteiger partial charge is 0.0486 e. The van der Waals surface area contributed by atoms with Gasteiger partial charge in [0, 0.05) is 36.2 Å². The molecule has 0 saturated heterocycles. The lowest BCUT2D eigenvalue weighted by Crippen LogP contribution is -2.25. The summed E-state index contributed by atoms with van der Waals surface area (Å²) in [5, 5.41) is 5.08. The quantitative estimate of drug-likeness (QED) is 0.389. The van der Waals surface area contributed by atoms with Crippen LogP contribution in [0, 0.1) is 6.92 Å². The van der Waals surface area contributed by atoms with Gasteiger partial charge in [-0.1, -0.05) is 78.4 Å². The summed E-state index contributed by atoms with van der Waals surface area (Å²) >= 11 is 0. The van der Waals surface area contributed by atoms with Gasteiger partial charge in [-0.05, 0) is 49.4 Å². The van der Waals surface area contributed by atoms with Crippen molar-refractivity contribution in [1.29, 1.82) is 0 Å². The standard InChI is InChI=1S/C27H30N2/c1-21-9-8-12-24(17-21)19-29-20-25(26-13-6-7-14-27(26)29)18-28-22(2)15-16-23-10-4-3-5-11-23/h3-14,17,20,22,28H,15-16,18-19H2,1-2H3/t22-/m1/s1. The summed E-state index contributed by atoms with van der Waals surface area (Å²) in [4.78, 5) is 0. The largest absolute Gasteiger partial charge is 0.343 e. The van der Waals surface area contributed by atoms with Gasteiger partial charge in [-0.3, -0.25) is 0 Å². The molecule has 4 rings (SSSR count). The molecule has 0 amide bonds. The van der Waals surface area contributed by atoms with Crippen LogP contribution in [0.25, 0.3) is 10.9 Å². The summed E-state index contributed by atoms with van der Waals surface area (Å²) in [5.41, 5.74) is 6.76. The highest BCUT2D eigenvalue weighted by Crippen LogP contribution is 2.23. The molecular formula is C27H30N2. The first kappa shape index (κ1) is 19.5. The van der Waals surface area contributed by atoms with Crippen molar-refractivity contribution in [1.82, 2.24) is 9.88 Å². The van der Waals surface area contributed by atoms with Crippen LogP contribution in [0.4, 0.5) is 0 Å². The molecule has 1 heterocycles. The molecule has 29 heavy (non-hydrogen) atoms. The minimum Gasteiger partial charge on any atom is -0.343 e. The lowest BCUT2D eigenvalue weighted by Gasteiger charge is -2.13. The van der Waals surface area contributed by atoms with Crippen molar-refractivity contribution in [2.75, 3.05) is 0 Å². The predicted octanol–water partition coefficient (Wildman–Crippen LogP) is 6.11. The molecule has 1 aromatic heterocycles. The summed E-state index contributed by atoms with van der Waals surface area (Å²) in [6.45, 7) is 6.25. The molecule has 2 heteroatoms. The van der Waals surface area contributed by atoms with Gasteiger partial charge in [-0.2, -0.15) is 0 Å². The fourth-order valence-electron chi connectivity index (χ4n) is 4.02. The number of hydrogen-bond acceptors (Lipinski definition) is 1. The lowest BCUT2D eigenvalue weighted by molar-refractivity contribution is 0.514. The maximum Gasteiger partial charge on any atom is 0.0486 e. The van der Waals surface area contributed by atoms with E-state index in [0.717, 1.165) is 25.9 Å². The number of para-hydroxylation sites is 1. The molecule has 0 bridgehead atoms. The van der Waals surface area contributed by atoms with E-state index in [4.69, 9.17) is 0 Å². The van der Waals surface area contributed by atoms with Crippen molar-refractivity contribution in [2.24, 2.45) is 0 Å². The molecule has 148 valence electrons. The number of nitrogens with zero attached hydrogens (tertiary/aromatic N) is 1. The third-order valence-corrected chi connectivity index (χ3v) is 5.66. The van der Waals surface area contributed by atoms with Crippen LogP contribution < -0.4 is 5.32 Å². The highest BCUT2D eigenvalue weighted by Gasteiger charge is 2.10. The summed E-state index contributed by atoms with van der Waals surface area (Å²) in [5.74, 6) is 0. The van der Waals surface area contributed by atoms with Gasteiger partial charge < -0.3 is 9.88 Å².